The molecular formula is C54H43N. The van der Waals surface area contributed by atoms with E-state index < -0.39 is 0 Å². The second kappa shape index (κ2) is 11.1. The van der Waals surface area contributed by atoms with Gasteiger partial charge in [-0.1, -0.05) is 159 Å². The molecule has 1 saturated carbocycles. The van der Waals surface area contributed by atoms with Crippen LogP contribution in [0.15, 0.2) is 169 Å². The van der Waals surface area contributed by atoms with Crippen molar-refractivity contribution in [1.29, 1.82) is 0 Å². The molecule has 6 aromatic carbocycles. The van der Waals surface area contributed by atoms with Crippen LogP contribution in [0.25, 0.3) is 38.6 Å². The van der Waals surface area contributed by atoms with Gasteiger partial charge in [0.2, 0.25) is 0 Å². The predicted octanol–water partition coefficient (Wildman–Crippen LogP) is 13.2. The number of allylic oxidation sites excluding steroid dienone is 9. The summed E-state index contributed by atoms with van der Waals surface area (Å²) in [4.78, 5) is 2.41. The molecule has 6 aliphatic carbocycles. The molecule has 4 atom stereocenters. The van der Waals surface area contributed by atoms with Crippen molar-refractivity contribution in [3.05, 3.63) is 208 Å². The SMILES string of the molecule is CN(c1ccc2cc(C34CC3C=C3c5ccccc5-c5cccc4c53)ccc2c1)c1ccccc1C1=CC2C=CC=CCC2C2=C1C(C)(C)c1ccccc12. The second-order valence-electron chi connectivity index (χ2n) is 17.2. The lowest BCUT2D eigenvalue weighted by Crippen LogP contribution is -2.24. The lowest BCUT2D eigenvalue weighted by molar-refractivity contribution is 0.570. The summed E-state index contributed by atoms with van der Waals surface area (Å²) in [5.74, 6) is 1.34. The standard InChI is InChI=1S/C54H43N/c1-53(2)47-21-11-9-19-44(47)51-39-15-6-4-5-14-35(39)30-46(52(51)53)42-18-10-12-23-49(42)55(3)38-27-25-33-28-36(26-24-34(33)29-38)54-32-37(54)31-45-41-17-8-7-16-40(41)43-20-13-22-48(54)50(43)45/h4-14,16-31,35,37,39H,15,32H2,1-3H3. The number of hydrogen-bond acceptors (Lipinski definition) is 1. The summed E-state index contributed by atoms with van der Waals surface area (Å²) in [7, 11) is 2.24. The Hall–Kier alpha value is -5.92. The summed E-state index contributed by atoms with van der Waals surface area (Å²) < 4.78 is 0. The normalized spacial score (nSPS) is 24.2. The highest BCUT2D eigenvalue weighted by atomic mass is 15.1. The molecule has 6 aromatic rings. The molecule has 4 unspecified atom stereocenters. The first-order valence-electron chi connectivity index (χ1n) is 20.2. The molecular weight excluding hydrogens is 663 g/mol. The van der Waals surface area contributed by atoms with E-state index in [1.54, 1.807) is 5.57 Å². The van der Waals surface area contributed by atoms with Crippen LogP contribution in [-0.4, -0.2) is 7.05 Å². The largest absolute Gasteiger partial charge is 0.344 e. The van der Waals surface area contributed by atoms with Crippen molar-refractivity contribution in [2.75, 3.05) is 11.9 Å². The molecule has 264 valence electrons. The van der Waals surface area contributed by atoms with Gasteiger partial charge in [0.1, 0.15) is 0 Å². The second-order valence-corrected chi connectivity index (χ2v) is 17.2. The van der Waals surface area contributed by atoms with E-state index in [-0.39, 0.29) is 10.8 Å². The van der Waals surface area contributed by atoms with Gasteiger partial charge in [-0.25, -0.2) is 0 Å². The van der Waals surface area contributed by atoms with Crippen molar-refractivity contribution in [2.24, 2.45) is 17.8 Å². The average molecular weight is 706 g/mol. The number of fused-ring (bicyclic) bond motifs is 10. The Bertz CT molecular complexity index is 2830. The Morgan fingerprint density at radius 1 is 0.618 bits per heavy atom. The summed E-state index contributed by atoms with van der Waals surface area (Å²) in [6.45, 7) is 4.87. The van der Waals surface area contributed by atoms with Gasteiger partial charge in [0.25, 0.3) is 0 Å². The van der Waals surface area contributed by atoms with Gasteiger partial charge in [0.15, 0.2) is 0 Å². The number of para-hydroxylation sites is 1. The molecule has 0 spiro atoms. The zero-order valence-corrected chi connectivity index (χ0v) is 31.7. The molecule has 0 bridgehead atoms. The van der Waals surface area contributed by atoms with Crippen LogP contribution in [0.4, 0.5) is 11.4 Å². The van der Waals surface area contributed by atoms with Gasteiger partial charge in [-0.15, -0.1) is 0 Å². The smallest absolute Gasteiger partial charge is 0.0487 e. The zero-order valence-electron chi connectivity index (χ0n) is 31.7. The third-order valence-corrected chi connectivity index (χ3v) is 14.2. The summed E-state index contributed by atoms with van der Waals surface area (Å²) in [6, 6.07) is 48.6. The molecule has 1 fully saturated rings. The van der Waals surface area contributed by atoms with E-state index in [9.17, 15) is 0 Å². The Kier molecular flexibility index (Phi) is 6.33. The first-order valence-corrected chi connectivity index (χ1v) is 20.2. The van der Waals surface area contributed by atoms with Gasteiger partial charge in [-0.05, 0) is 120 Å². The fourth-order valence-electron chi connectivity index (χ4n) is 11.5. The quantitative estimate of drug-likeness (QED) is 0.176. The van der Waals surface area contributed by atoms with E-state index in [1.807, 2.05) is 0 Å². The van der Waals surface area contributed by atoms with E-state index in [0.717, 1.165) is 6.42 Å². The maximum atomic E-state index is 2.59. The number of anilines is 2. The van der Waals surface area contributed by atoms with Crippen LogP contribution in [0.2, 0.25) is 0 Å². The minimum Gasteiger partial charge on any atom is -0.344 e. The molecule has 12 rings (SSSR count). The van der Waals surface area contributed by atoms with Gasteiger partial charge in [0, 0.05) is 40.7 Å². The van der Waals surface area contributed by atoms with Crippen LogP contribution in [0.3, 0.4) is 0 Å². The molecule has 0 aliphatic heterocycles. The maximum absolute atomic E-state index is 2.59. The number of rotatable bonds is 4. The first-order chi connectivity index (χ1) is 26.9. The highest BCUT2D eigenvalue weighted by Gasteiger charge is 2.59. The highest BCUT2D eigenvalue weighted by Crippen LogP contribution is 2.67. The fourth-order valence-corrected chi connectivity index (χ4v) is 11.5. The Morgan fingerprint density at radius 3 is 2.24 bits per heavy atom. The third kappa shape index (κ3) is 4.19. The van der Waals surface area contributed by atoms with Crippen LogP contribution in [0.1, 0.15) is 65.6 Å². The number of hydrogen-bond donors (Lipinski definition) is 0. The lowest BCUT2D eigenvalue weighted by atomic mass is 9.69. The van der Waals surface area contributed by atoms with Gasteiger partial charge >= 0.3 is 0 Å². The van der Waals surface area contributed by atoms with E-state index in [1.165, 1.54) is 95.4 Å². The highest BCUT2D eigenvalue weighted by molar-refractivity contribution is 6.05. The summed E-state index contributed by atoms with van der Waals surface area (Å²) in [6.07, 6.45) is 16.7. The molecule has 0 amide bonds. The Morgan fingerprint density at radius 2 is 1.35 bits per heavy atom. The van der Waals surface area contributed by atoms with Gasteiger partial charge in [-0.2, -0.15) is 0 Å². The molecule has 0 radical (unpaired) electrons. The summed E-state index contributed by atoms with van der Waals surface area (Å²) in [5.41, 5.74) is 21.1. The summed E-state index contributed by atoms with van der Waals surface area (Å²) >= 11 is 0. The van der Waals surface area contributed by atoms with Crippen LogP contribution < -0.4 is 4.90 Å². The van der Waals surface area contributed by atoms with Crippen molar-refractivity contribution in [2.45, 2.75) is 37.5 Å². The van der Waals surface area contributed by atoms with E-state index in [2.05, 4.69) is 190 Å². The molecule has 6 aliphatic rings. The third-order valence-electron chi connectivity index (χ3n) is 14.2. The predicted molar refractivity (Wildman–Crippen MR) is 231 cm³/mol. The fraction of sp³-hybridized carbons (Fsp3) is 0.185. The molecule has 0 saturated heterocycles. The van der Waals surface area contributed by atoms with Crippen molar-refractivity contribution in [3.8, 4) is 11.1 Å². The zero-order chi connectivity index (χ0) is 36.6. The van der Waals surface area contributed by atoms with Gasteiger partial charge < -0.3 is 4.90 Å². The minimum absolute atomic E-state index is 0.0655. The minimum atomic E-state index is -0.0889. The van der Waals surface area contributed by atoms with Gasteiger partial charge in [-0.3, -0.25) is 0 Å². The average Bonchev–Trinajstić information content (AvgIpc) is 3.90. The number of nitrogens with zero attached hydrogens (tertiary/aromatic N) is 1. The molecule has 0 aromatic heterocycles. The molecule has 1 nitrogen and oxygen atoms in total. The van der Waals surface area contributed by atoms with Crippen molar-refractivity contribution in [1.82, 2.24) is 0 Å². The van der Waals surface area contributed by atoms with Crippen molar-refractivity contribution < 1.29 is 0 Å². The van der Waals surface area contributed by atoms with Crippen molar-refractivity contribution in [3.63, 3.8) is 0 Å². The lowest BCUT2D eigenvalue weighted by Gasteiger charge is -2.36. The van der Waals surface area contributed by atoms with E-state index in [4.69, 9.17) is 0 Å². The van der Waals surface area contributed by atoms with Gasteiger partial charge in [0.05, 0.1) is 0 Å². The van der Waals surface area contributed by atoms with Crippen LogP contribution in [-0.2, 0) is 10.8 Å². The molecule has 1 heteroatoms. The van der Waals surface area contributed by atoms with Crippen LogP contribution in [0.5, 0.6) is 0 Å². The summed E-state index contributed by atoms with van der Waals surface area (Å²) in [5, 5.41) is 2.59. The van der Waals surface area contributed by atoms with Crippen molar-refractivity contribution >= 4 is 38.9 Å². The molecule has 0 heterocycles. The number of benzene rings is 6. The van der Waals surface area contributed by atoms with Crippen LogP contribution >= 0.6 is 0 Å². The first kappa shape index (κ1) is 31.4. The molecule has 0 N–H and O–H groups in total. The Balaban J connectivity index is 0.925. The monoisotopic (exact) mass is 705 g/mol. The maximum Gasteiger partial charge on any atom is 0.0487 e. The van der Waals surface area contributed by atoms with Crippen LogP contribution in [0, 0.1) is 17.8 Å². The van der Waals surface area contributed by atoms with E-state index >= 15 is 0 Å². The topological polar surface area (TPSA) is 3.24 Å². The van der Waals surface area contributed by atoms with E-state index in [0.29, 0.717) is 17.8 Å². The molecule has 55 heavy (non-hydrogen) atoms. The Labute approximate surface area is 324 Å².